The standard InChI is InChI=1S/C21H28N6O7/c22-14(9-28)18(30)25-15(7-13-8-23-11-24-13)19(31)27-17(10-29)20(32)26-16(21(33)34)6-12-4-2-1-3-5-12/h1-5,8,11,14-17,28-29H,6-7,9-10,22H2,(H,23,24)(H,25,30)(H,26,32)(H,27,31)(H,33,34). The number of nitrogens with zero attached hydrogens (tertiary/aromatic N) is 1. The summed E-state index contributed by atoms with van der Waals surface area (Å²) in [6.07, 6.45) is 2.73. The largest absolute Gasteiger partial charge is 0.480 e. The van der Waals surface area contributed by atoms with Crippen LogP contribution in [0.5, 0.6) is 0 Å². The number of rotatable bonds is 13. The van der Waals surface area contributed by atoms with E-state index >= 15 is 0 Å². The van der Waals surface area contributed by atoms with Crippen molar-refractivity contribution in [3.05, 3.63) is 54.1 Å². The van der Waals surface area contributed by atoms with Crippen molar-refractivity contribution < 1.29 is 34.5 Å². The number of amides is 3. The van der Waals surface area contributed by atoms with Crippen LogP contribution in [0.15, 0.2) is 42.9 Å². The molecule has 0 bridgehead atoms. The molecule has 4 atom stereocenters. The van der Waals surface area contributed by atoms with Crippen LogP contribution < -0.4 is 21.7 Å². The van der Waals surface area contributed by atoms with Crippen molar-refractivity contribution in [1.82, 2.24) is 25.9 Å². The number of aliphatic hydroxyl groups is 2. The van der Waals surface area contributed by atoms with Crippen LogP contribution in [0, 0.1) is 0 Å². The Bertz CT molecular complexity index is 954. The normalized spacial score (nSPS) is 14.3. The van der Waals surface area contributed by atoms with E-state index in [4.69, 9.17) is 10.8 Å². The summed E-state index contributed by atoms with van der Waals surface area (Å²) in [7, 11) is 0. The fourth-order valence-corrected chi connectivity index (χ4v) is 2.98. The number of carbonyl (C=O) groups is 4. The fraction of sp³-hybridized carbons (Fsp3) is 0.381. The van der Waals surface area contributed by atoms with E-state index in [9.17, 15) is 29.4 Å². The number of aliphatic carboxylic acids is 1. The summed E-state index contributed by atoms with van der Waals surface area (Å²) < 4.78 is 0. The Morgan fingerprint density at radius 1 is 0.882 bits per heavy atom. The lowest BCUT2D eigenvalue weighted by Gasteiger charge is -2.24. The van der Waals surface area contributed by atoms with Gasteiger partial charge in [0.2, 0.25) is 17.7 Å². The molecule has 13 heteroatoms. The Balaban J connectivity index is 2.08. The highest BCUT2D eigenvalue weighted by atomic mass is 16.4. The van der Waals surface area contributed by atoms with Crippen LogP contribution in [0.3, 0.4) is 0 Å². The summed E-state index contributed by atoms with van der Waals surface area (Å²) in [6, 6.07) is 3.33. The first kappa shape index (κ1) is 26.4. The molecule has 0 radical (unpaired) electrons. The van der Waals surface area contributed by atoms with Gasteiger partial charge in [-0.1, -0.05) is 30.3 Å². The number of aliphatic hydroxyl groups excluding tert-OH is 2. The molecule has 0 aliphatic heterocycles. The van der Waals surface area contributed by atoms with Gasteiger partial charge in [0.1, 0.15) is 24.2 Å². The third-order valence-electron chi connectivity index (χ3n) is 4.86. The predicted molar refractivity (Wildman–Crippen MR) is 118 cm³/mol. The van der Waals surface area contributed by atoms with Gasteiger partial charge in [-0.2, -0.15) is 0 Å². The van der Waals surface area contributed by atoms with Gasteiger partial charge in [0.25, 0.3) is 0 Å². The molecule has 4 unspecified atom stereocenters. The van der Waals surface area contributed by atoms with Gasteiger partial charge < -0.3 is 42.0 Å². The van der Waals surface area contributed by atoms with E-state index in [0.717, 1.165) is 0 Å². The Hall–Kier alpha value is -3.81. The van der Waals surface area contributed by atoms with Crippen molar-refractivity contribution in [3.63, 3.8) is 0 Å². The molecule has 1 aromatic heterocycles. The van der Waals surface area contributed by atoms with E-state index in [1.165, 1.54) is 12.5 Å². The number of hydrogen-bond donors (Lipinski definition) is 8. The number of hydrogen-bond acceptors (Lipinski definition) is 8. The second-order valence-electron chi connectivity index (χ2n) is 7.46. The predicted octanol–water partition coefficient (Wildman–Crippen LogP) is -2.95. The summed E-state index contributed by atoms with van der Waals surface area (Å²) in [4.78, 5) is 55.8. The van der Waals surface area contributed by atoms with Crippen LogP contribution in [0.1, 0.15) is 11.3 Å². The van der Waals surface area contributed by atoms with Crippen LogP contribution in [0.25, 0.3) is 0 Å². The third-order valence-corrected chi connectivity index (χ3v) is 4.86. The number of nitrogens with one attached hydrogen (secondary N) is 4. The lowest BCUT2D eigenvalue weighted by molar-refractivity contribution is -0.142. The number of aromatic nitrogens is 2. The van der Waals surface area contributed by atoms with E-state index in [1.807, 2.05) is 0 Å². The molecule has 0 saturated heterocycles. The average molecular weight is 476 g/mol. The van der Waals surface area contributed by atoms with E-state index < -0.39 is 61.1 Å². The first-order valence-corrected chi connectivity index (χ1v) is 10.4. The summed E-state index contributed by atoms with van der Waals surface area (Å²) >= 11 is 0. The van der Waals surface area contributed by atoms with Gasteiger partial charge in [0.15, 0.2) is 0 Å². The van der Waals surface area contributed by atoms with Gasteiger partial charge in [-0.25, -0.2) is 9.78 Å². The van der Waals surface area contributed by atoms with Crippen molar-refractivity contribution in [2.24, 2.45) is 5.73 Å². The van der Waals surface area contributed by atoms with Gasteiger partial charge in [-0.15, -0.1) is 0 Å². The number of imidazole rings is 1. The Labute approximate surface area is 194 Å². The first-order valence-electron chi connectivity index (χ1n) is 10.4. The zero-order valence-electron chi connectivity index (χ0n) is 18.2. The summed E-state index contributed by atoms with van der Waals surface area (Å²) in [6.45, 7) is -1.47. The van der Waals surface area contributed by atoms with Crippen LogP contribution >= 0.6 is 0 Å². The molecule has 0 spiro atoms. The highest BCUT2D eigenvalue weighted by Crippen LogP contribution is 2.05. The molecule has 1 aromatic carbocycles. The van der Waals surface area contributed by atoms with Gasteiger partial charge in [0, 0.05) is 24.7 Å². The first-order chi connectivity index (χ1) is 16.2. The lowest BCUT2D eigenvalue weighted by Crippen LogP contribution is -2.59. The van der Waals surface area contributed by atoms with Crippen LogP contribution in [0.4, 0.5) is 0 Å². The molecular weight excluding hydrogens is 448 g/mol. The maximum absolute atomic E-state index is 12.8. The van der Waals surface area contributed by atoms with Crippen molar-refractivity contribution >= 4 is 23.7 Å². The second kappa shape index (κ2) is 13.0. The van der Waals surface area contributed by atoms with E-state index in [1.54, 1.807) is 30.3 Å². The Kier molecular flexibility index (Phi) is 10.1. The molecule has 184 valence electrons. The Morgan fingerprint density at radius 2 is 1.50 bits per heavy atom. The van der Waals surface area contributed by atoms with Crippen molar-refractivity contribution in [1.29, 1.82) is 0 Å². The van der Waals surface area contributed by atoms with Gasteiger partial charge in [-0.3, -0.25) is 14.4 Å². The summed E-state index contributed by atoms with van der Waals surface area (Å²) in [5.41, 5.74) is 6.64. The minimum Gasteiger partial charge on any atom is -0.480 e. The fourth-order valence-electron chi connectivity index (χ4n) is 2.98. The summed E-state index contributed by atoms with van der Waals surface area (Å²) in [5.74, 6) is -3.85. The minimum absolute atomic E-state index is 0.00837. The quantitative estimate of drug-likeness (QED) is 0.148. The molecule has 0 aliphatic rings. The molecule has 0 fully saturated rings. The topological polar surface area (TPSA) is 220 Å². The number of nitrogens with two attached hydrogens (primary N) is 1. The van der Waals surface area contributed by atoms with Crippen molar-refractivity contribution in [3.8, 4) is 0 Å². The average Bonchev–Trinajstić information content (AvgIpc) is 3.34. The van der Waals surface area contributed by atoms with Gasteiger partial charge >= 0.3 is 5.97 Å². The third kappa shape index (κ3) is 7.95. The molecule has 0 aliphatic carbocycles. The maximum atomic E-state index is 12.8. The molecule has 2 rings (SSSR count). The monoisotopic (exact) mass is 476 g/mol. The number of aromatic amines is 1. The zero-order chi connectivity index (χ0) is 25.1. The smallest absolute Gasteiger partial charge is 0.326 e. The van der Waals surface area contributed by atoms with Crippen LogP contribution in [-0.2, 0) is 32.0 Å². The van der Waals surface area contributed by atoms with E-state index in [-0.39, 0.29) is 12.8 Å². The van der Waals surface area contributed by atoms with E-state index in [0.29, 0.717) is 11.3 Å². The molecule has 3 amide bonds. The lowest BCUT2D eigenvalue weighted by atomic mass is 10.1. The van der Waals surface area contributed by atoms with Crippen molar-refractivity contribution in [2.75, 3.05) is 13.2 Å². The molecule has 0 saturated carbocycles. The number of benzene rings is 1. The molecular formula is C21H28N6O7. The highest BCUT2D eigenvalue weighted by molar-refractivity contribution is 5.94. The molecule has 9 N–H and O–H groups in total. The number of carbonyl (C=O) groups excluding carboxylic acids is 3. The molecule has 2 aromatic rings. The second-order valence-corrected chi connectivity index (χ2v) is 7.46. The molecule has 1 heterocycles. The van der Waals surface area contributed by atoms with Crippen molar-refractivity contribution in [2.45, 2.75) is 37.0 Å². The Morgan fingerprint density at radius 3 is 2.06 bits per heavy atom. The number of carboxylic acid groups (broad SMARTS) is 1. The zero-order valence-corrected chi connectivity index (χ0v) is 18.2. The maximum Gasteiger partial charge on any atom is 0.326 e. The molecule has 13 nitrogen and oxygen atoms in total. The SMILES string of the molecule is NC(CO)C(=O)NC(Cc1cnc[nH]1)C(=O)NC(CO)C(=O)NC(Cc1ccccc1)C(=O)O. The van der Waals surface area contributed by atoms with Crippen LogP contribution in [-0.4, -0.2) is 86.4 Å². The van der Waals surface area contributed by atoms with Crippen LogP contribution in [0.2, 0.25) is 0 Å². The summed E-state index contributed by atoms with van der Waals surface area (Å²) in [5, 5.41) is 35.2. The van der Waals surface area contributed by atoms with Gasteiger partial charge in [-0.05, 0) is 5.56 Å². The highest BCUT2D eigenvalue weighted by Gasteiger charge is 2.30. The molecule has 34 heavy (non-hydrogen) atoms. The van der Waals surface area contributed by atoms with Gasteiger partial charge in [0.05, 0.1) is 19.5 Å². The number of H-pyrrole nitrogens is 1. The van der Waals surface area contributed by atoms with E-state index in [2.05, 4.69) is 25.9 Å². The number of carboxylic acids is 1. The minimum atomic E-state index is -1.49.